The van der Waals surface area contributed by atoms with Crippen LogP contribution in [0, 0.1) is 5.92 Å². The molecule has 1 aliphatic heterocycles. The first kappa shape index (κ1) is 18.7. The number of ether oxygens (including phenoxy) is 2. The lowest BCUT2D eigenvalue weighted by Gasteiger charge is -2.31. The highest BCUT2D eigenvalue weighted by molar-refractivity contribution is 7.07. The Labute approximate surface area is 158 Å². The maximum atomic E-state index is 12.4. The van der Waals surface area contributed by atoms with Gasteiger partial charge in [-0.15, -0.1) is 0 Å². The largest absolute Gasteiger partial charge is 0.493 e. The fourth-order valence-corrected chi connectivity index (χ4v) is 3.97. The number of rotatable bonds is 7. The van der Waals surface area contributed by atoms with E-state index in [-0.39, 0.29) is 5.91 Å². The number of hydrogen-bond acceptors (Lipinski definition) is 5. The van der Waals surface area contributed by atoms with E-state index in [0.717, 1.165) is 39.0 Å². The molecule has 140 valence electrons. The van der Waals surface area contributed by atoms with Crippen LogP contribution in [0.15, 0.2) is 35.0 Å². The van der Waals surface area contributed by atoms with Crippen molar-refractivity contribution in [3.8, 4) is 11.5 Å². The van der Waals surface area contributed by atoms with E-state index < -0.39 is 0 Å². The van der Waals surface area contributed by atoms with Gasteiger partial charge in [0.1, 0.15) is 0 Å². The first-order chi connectivity index (χ1) is 12.7. The van der Waals surface area contributed by atoms with Gasteiger partial charge < -0.3 is 14.8 Å². The van der Waals surface area contributed by atoms with Crippen LogP contribution >= 0.6 is 11.3 Å². The van der Waals surface area contributed by atoms with Gasteiger partial charge in [0.05, 0.1) is 14.2 Å². The minimum absolute atomic E-state index is 0.0633. The number of benzene rings is 1. The standard InChI is InChI=1S/C20H26N2O3S/c1-24-18-4-3-17(11-19(18)25-2)20(23)21-12-15-5-8-22(9-6-15)13-16-7-10-26-14-16/h3-4,7,10-11,14-15H,5-6,8-9,12-13H2,1-2H3,(H,21,23). The second kappa shape index (κ2) is 9.05. The summed E-state index contributed by atoms with van der Waals surface area (Å²) in [5.74, 6) is 1.67. The summed E-state index contributed by atoms with van der Waals surface area (Å²) < 4.78 is 10.5. The van der Waals surface area contributed by atoms with Crippen LogP contribution in [0.5, 0.6) is 11.5 Å². The quantitative estimate of drug-likeness (QED) is 0.807. The first-order valence-corrected chi connectivity index (χ1v) is 9.87. The van der Waals surface area contributed by atoms with Crippen molar-refractivity contribution in [2.45, 2.75) is 19.4 Å². The lowest BCUT2D eigenvalue weighted by Crippen LogP contribution is -2.38. The number of carbonyl (C=O) groups is 1. The Morgan fingerprint density at radius 3 is 2.62 bits per heavy atom. The van der Waals surface area contributed by atoms with Crippen LogP contribution in [-0.4, -0.2) is 44.7 Å². The second-order valence-electron chi connectivity index (χ2n) is 6.63. The summed E-state index contributed by atoms with van der Waals surface area (Å²) in [7, 11) is 3.16. The molecule has 0 saturated carbocycles. The SMILES string of the molecule is COc1ccc(C(=O)NCC2CCN(Cc3ccsc3)CC2)cc1OC. The van der Waals surface area contributed by atoms with Crippen LogP contribution < -0.4 is 14.8 Å². The van der Waals surface area contributed by atoms with E-state index >= 15 is 0 Å². The maximum Gasteiger partial charge on any atom is 0.251 e. The first-order valence-electron chi connectivity index (χ1n) is 8.93. The number of methoxy groups -OCH3 is 2. The van der Waals surface area contributed by atoms with E-state index in [4.69, 9.17) is 9.47 Å². The van der Waals surface area contributed by atoms with Crippen molar-refractivity contribution >= 4 is 17.2 Å². The predicted molar refractivity (Wildman–Crippen MR) is 104 cm³/mol. The molecule has 5 nitrogen and oxygen atoms in total. The Kier molecular flexibility index (Phi) is 6.52. The molecule has 0 bridgehead atoms. The van der Waals surface area contributed by atoms with Gasteiger partial charge in [0.2, 0.25) is 0 Å². The van der Waals surface area contributed by atoms with Crippen molar-refractivity contribution in [1.29, 1.82) is 0 Å². The molecule has 0 radical (unpaired) electrons. The van der Waals surface area contributed by atoms with Crippen molar-refractivity contribution in [1.82, 2.24) is 10.2 Å². The molecule has 26 heavy (non-hydrogen) atoms. The Hall–Kier alpha value is -2.05. The van der Waals surface area contributed by atoms with Gasteiger partial charge >= 0.3 is 0 Å². The highest BCUT2D eigenvalue weighted by atomic mass is 32.1. The highest BCUT2D eigenvalue weighted by Crippen LogP contribution is 2.27. The van der Waals surface area contributed by atoms with Gasteiger partial charge in [-0.1, -0.05) is 0 Å². The van der Waals surface area contributed by atoms with Crippen LogP contribution in [0.4, 0.5) is 0 Å². The summed E-state index contributed by atoms with van der Waals surface area (Å²) in [6.45, 7) is 3.94. The lowest BCUT2D eigenvalue weighted by atomic mass is 9.96. The van der Waals surface area contributed by atoms with Crippen LogP contribution in [0.1, 0.15) is 28.8 Å². The van der Waals surface area contributed by atoms with Gasteiger partial charge in [0, 0.05) is 18.7 Å². The smallest absolute Gasteiger partial charge is 0.251 e. The molecule has 1 aromatic carbocycles. The summed E-state index contributed by atoms with van der Waals surface area (Å²) >= 11 is 1.75. The van der Waals surface area contributed by atoms with Crippen LogP contribution in [0.3, 0.4) is 0 Å². The zero-order valence-electron chi connectivity index (χ0n) is 15.4. The monoisotopic (exact) mass is 374 g/mol. The van der Waals surface area contributed by atoms with Crippen LogP contribution in [-0.2, 0) is 6.54 Å². The van der Waals surface area contributed by atoms with Crippen molar-refractivity contribution < 1.29 is 14.3 Å². The molecule has 1 fully saturated rings. The summed E-state index contributed by atoms with van der Waals surface area (Å²) in [6, 6.07) is 7.44. The van der Waals surface area contributed by atoms with E-state index in [0.29, 0.717) is 23.0 Å². The van der Waals surface area contributed by atoms with Crippen LogP contribution in [0.2, 0.25) is 0 Å². The molecule has 0 aliphatic carbocycles. The van der Waals surface area contributed by atoms with Crippen LogP contribution in [0.25, 0.3) is 0 Å². The van der Waals surface area contributed by atoms with Crippen molar-refractivity contribution in [2.75, 3.05) is 33.9 Å². The molecular weight excluding hydrogens is 348 g/mol. The number of thiophene rings is 1. The van der Waals surface area contributed by atoms with Gasteiger partial charge in [0.15, 0.2) is 11.5 Å². The van der Waals surface area contributed by atoms with Gasteiger partial charge in [-0.05, 0) is 72.4 Å². The number of nitrogens with zero attached hydrogens (tertiary/aromatic N) is 1. The Balaban J connectivity index is 1.45. The molecule has 6 heteroatoms. The number of hydrogen-bond donors (Lipinski definition) is 1. The van der Waals surface area contributed by atoms with Crippen molar-refractivity contribution in [3.05, 3.63) is 46.2 Å². The average molecular weight is 375 g/mol. The molecule has 3 rings (SSSR count). The summed E-state index contributed by atoms with van der Waals surface area (Å²) in [6.07, 6.45) is 2.24. The Morgan fingerprint density at radius 1 is 1.19 bits per heavy atom. The zero-order chi connectivity index (χ0) is 18.4. The summed E-state index contributed by atoms with van der Waals surface area (Å²) in [4.78, 5) is 14.9. The number of piperidine rings is 1. The second-order valence-corrected chi connectivity index (χ2v) is 7.41. The minimum Gasteiger partial charge on any atom is -0.493 e. The van der Waals surface area contributed by atoms with E-state index in [9.17, 15) is 4.79 Å². The van der Waals surface area contributed by atoms with Gasteiger partial charge in [0.25, 0.3) is 5.91 Å². The minimum atomic E-state index is -0.0633. The molecule has 1 amide bonds. The molecule has 2 heterocycles. The molecule has 1 aromatic heterocycles. The fourth-order valence-electron chi connectivity index (χ4n) is 3.31. The molecule has 0 spiro atoms. The molecule has 0 unspecified atom stereocenters. The van der Waals surface area contributed by atoms with E-state index in [1.165, 1.54) is 5.56 Å². The van der Waals surface area contributed by atoms with Crippen molar-refractivity contribution in [3.63, 3.8) is 0 Å². The third-order valence-electron chi connectivity index (χ3n) is 4.89. The number of carbonyl (C=O) groups excluding carboxylic acids is 1. The maximum absolute atomic E-state index is 12.4. The lowest BCUT2D eigenvalue weighted by molar-refractivity contribution is 0.0935. The summed E-state index contributed by atoms with van der Waals surface area (Å²) in [5, 5.41) is 7.41. The number of likely N-dealkylation sites (tertiary alicyclic amines) is 1. The fraction of sp³-hybridized carbons (Fsp3) is 0.450. The van der Waals surface area contributed by atoms with Crippen molar-refractivity contribution in [2.24, 2.45) is 5.92 Å². The third-order valence-corrected chi connectivity index (χ3v) is 5.62. The molecule has 2 aromatic rings. The van der Waals surface area contributed by atoms with Gasteiger partial charge in [-0.25, -0.2) is 0 Å². The Bertz CT molecular complexity index is 710. The summed E-state index contributed by atoms with van der Waals surface area (Å²) in [5.41, 5.74) is 1.99. The van der Waals surface area contributed by atoms with E-state index in [2.05, 4.69) is 27.0 Å². The number of amides is 1. The van der Waals surface area contributed by atoms with E-state index in [1.807, 2.05) is 0 Å². The number of nitrogens with one attached hydrogen (secondary N) is 1. The molecular formula is C20H26N2O3S. The molecule has 1 aliphatic rings. The average Bonchev–Trinajstić information content (AvgIpc) is 3.19. The third kappa shape index (κ3) is 4.77. The van der Waals surface area contributed by atoms with E-state index in [1.54, 1.807) is 43.8 Å². The topological polar surface area (TPSA) is 50.8 Å². The van der Waals surface area contributed by atoms with Gasteiger partial charge in [-0.2, -0.15) is 11.3 Å². The normalized spacial score (nSPS) is 15.6. The van der Waals surface area contributed by atoms with Gasteiger partial charge in [-0.3, -0.25) is 9.69 Å². The predicted octanol–water partition coefficient (Wildman–Crippen LogP) is 3.41. The molecule has 0 atom stereocenters. The Morgan fingerprint density at radius 2 is 1.96 bits per heavy atom. The zero-order valence-corrected chi connectivity index (χ0v) is 16.2. The molecule has 1 N–H and O–H groups in total. The molecule has 1 saturated heterocycles. The highest BCUT2D eigenvalue weighted by Gasteiger charge is 2.20.